The van der Waals surface area contributed by atoms with E-state index in [1.54, 1.807) is 6.07 Å². The molecule has 0 bridgehead atoms. The molecule has 0 unspecified atom stereocenters. The summed E-state index contributed by atoms with van der Waals surface area (Å²) in [5.74, 6) is -0.718. The summed E-state index contributed by atoms with van der Waals surface area (Å²) in [6, 6.07) is 4.15. The van der Waals surface area contributed by atoms with Gasteiger partial charge in [0.05, 0.1) is 6.07 Å². The Balaban J connectivity index is 3.09. The van der Waals surface area contributed by atoms with Crippen molar-refractivity contribution in [3.63, 3.8) is 0 Å². The summed E-state index contributed by atoms with van der Waals surface area (Å²) in [5.41, 5.74) is 5.36. The number of nitrogens with zero attached hydrogens (tertiary/aromatic N) is 1. The van der Waals surface area contributed by atoms with Gasteiger partial charge in [0.2, 0.25) is 0 Å². The number of hydrogen-bond acceptors (Lipinski definition) is 4. The smallest absolute Gasteiger partial charge is 0.423 e. The molecule has 0 aromatic heterocycles. The van der Waals surface area contributed by atoms with Gasteiger partial charge in [0.25, 0.3) is 0 Å². The monoisotopic (exact) mass is 194 g/mol. The topological polar surface area (TPSA) is 90.3 Å². The molecule has 4 N–H and O–H groups in total. The van der Waals surface area contributed by atoms with E-state index in [0.717, 1.165) is 6.07 Å². The van der Waals surface area contributed by atoms with Gasteiger partial charge in [-0.15, -0.1) is 0 Å². The Morgan fingerprint density at radius 2 is 2.14 bits per heavy atom. The van der Waals surface area contributed by atoms with Crippen molar-refractivity contribution in [3.8, 4) is 6.07 Å². The molecule has 0 aliphatic heterocycles. The van der Waals surface area contributed by atoms with E-state index in [1.807, 2.05) is 0 Å². The van der Waals surface area contributed by atoms with Crippen LogP contribution in [0.15, 0.2) is 18.2 Å². The van der Waals surface area contributed by atoms with Gasteiger partial charge >= 0.3 is 7.12 Å². The molecule has 1 atom stereocenters. The summed E-state index contributed by atoms with van der Waals surface area (Å²) in [4.78, 5) is 0. The lowest BCUT2D eigenvalue weighted by molar-refractivity contribution is 0.425. The minimum atomic E-state index is -1.73. The number of rotatable bonds is 2. The molecule has 1 aromatic rings. The Morgan fingerprint density at radius 1 is 1.50 bits per heavy atom. The largest absolute Gasteiger partial charge is 0.488 e. The third kappa shape index (κ3) is 2.09. The van der Waals surface area contributed by atoms with Crippen LogP contribution in [0.25, 0.3) is 0 Å². The molecule has 14 heavy (non-hydrogen) atoms. The van der Waals surface area contributed by atoms with Crippen LogP contribution in [-0.2, 0) is 0 Å². The first-order chi connectivity index (χ1) is 6.56. The summed E-state index contributed by atoms with van der Waals surface area (Å²) in [5, 5.41) is 25.9. The van der Waals surface area contributed by atoms with Gasteiger partial charge in [-0.05, 0) is 11.5 Å². The average Bonchev–Trinajstić information content (AvgIpc) is 2.16. The van der Waals surface area contributed by atoms with E-state index in [9.17, 15) is 4.39 Å². The number of nitriles is 1. The lowest BCUT2D eigenvalue weighted by atomic mass is 9.79. The zero-order valence-corrected chi connectivity index (χ0v) is 7.18. The first-order valence-corrected chi connectivity index (χ1v) is 3.87. The summed E-state index contributed by atoms with van der Waals surface area (Å²) in [6.45, 7) is 0. The molecule has 1 rings (SSSR count). The van der Waals surface area contributed by atoms with Crippen LogP contribution in [0.4, 0.5) is 4.39 Å². The fourth-order valence-electron chi connectivity index (χ4n) is 1.03. The number of halogens is 1. The first kappa shape index (κ1) is 10.7. The predicted molar refractivity (Wildman–Crippen MR) is 48.8 cm³/mol. The lowest BCUT2D eigenvalue weighted by Crippen LogP contribution is -2.30. The third-order valence-corrected chi connectivity index (χ3v) is 1.80. The number of hydrogen-bond donors (Lipinski definition) is 3. The van der Waals surface area contributed by atoms with E-state index in [2.05, 4.69) is 0 Å². The lowest BCUT2D eigenvalue weighted by Gasteiger charge is -2.06. The van der Waals surface area contributed by atoms with Crippen molar-refractivity contribution >= 4 is 12.6 Å². The molecule has 72 valence electrons. The Morgan fingerprint density at radius 3 is 2.57 bits per heavy atom. The molecule has 0 heterocycles. The normalized spacial score (nSPS) is 11.9. The molecule has 1 aromatic carbocycles. The van der Waals surface area contributed by atoms with Crippen molar-refractivity contribution in [1.82, 2.24) is 0 Å². The zero-order chi connectivity index (χ0) is 10.7. The van der Waals surface area contributed by atoms with Crippen LogP contribution in [0.2, 0.25) is 0 Å². The molecular weight excluding hydrogens is 186 g/mol. The summed E-state index contributed by atoms with van der Waals surface area (Å²) >= 11 is 0. The minimum Gasteiger partial charge on any atom is -0.423 e. The van der Waals surface area contributed by atoms with E-state index >= 15 is 0 Å². The van der Waals surface area contributed by atoms with E-state index in [4.69, 9.17) is 21.0 Å². The molecule has 0 saturated heterocycles. The molecule has 6 heteroatoms. The van der Waals surface area contributed by atoms with Gasteiger partial charge in [-0.25, -0.2) is 4.39 Å². The van der Waals surface area contributed by atoms with Crippen LogP contribution >= 0.6 is 0 Å². The van der Waals surface area contributed by atoms with Gasteiger partial charge in [0, 0.05) is 5.56 Å². The predicted octanol–water partition coefficient (Wildman–Crippen LogP) is -0.971. The van der Waals surface area contributed by atoms with Crippen molar-refractivity contribution in [3.05, 3.63) is 29.6 Å². The molecule has 0 amide bonds. The second kappa shape index (κ2) is 4.20. The fourth-order valence-corrected chi connectivity index (χ4v) is 1.03. The highest BCUT2D eigenvalue weighted by Gasteiger charge is 2.16. The van der Waals surface area contributed by atoms with Gasteiger partial charge in [0.15, 0.2) is 0 Å². The van der Waals surface area contributed by atoms with E-state index in [1.165, 1.54) is 12.1 Å². The van der Waals surface area contributed by atoms with Crippen LogP contribution in [0.5, 0.6) is 0 Å². The third-order valence-electron chi connectivity index (χ3n) is 1.80. The van der Waals surface area contributed by atoms with E-state index in [0.29, 0.717) is 0 Å². The SMILES string of the molecule is N#C[C@@H](N)c1ccc(B(O)O)cc1F. The van der Waals surface area contributed by atoms with Crippen LogP contribution in [-0.4, -0.2) is 17.2 Å². The van der Waals surface area contributed by atoms with Gasteiger partial charge < -0.3 is 15.8 Å². The van der Waals surface area contributed by atoms with Gasteiger partial charge in [-0.3, -0.25) is 0 Å². The molecule has 0 aliphatic carbocycles. The minimum absolute atomic E-state index is 0.0244. The van der Waals surface area contributed by atoms with Gasteiger partial charge in [-0.1, -0.05) is 12.1 Å². The van der Waals surface area contributed by atoms with Crippen molar-refractivity contribution in [1.29, 1.82) is 5.26 Å². The second-order valence-electron chi connectivity index (χ2n) is 2.76. The van der Waals surface area contributed by atoms with Crippen LogP contribution in [0, 0.1) is 17.1 Å². The average molecular weight is 194 g/mol. The zero-order valence-electron chi connectivity index (χ0n) is 7.18. The van der Waals surface area contributed by atoms with Gasteiger partial charge in [0.1, 0.15) is 11.9 Å². The highest BCUT2D eigenvalue weighted by molar-refractivity contribution is 6.58. The van der Waals surface area contributed by atoms with Crippen molar-refractivity contribution in [2.24, 2.45) is 5.73 Å². The second-order valence-corrected chi connectivity index (χ2v) is 2.76. The highest BCUT2D eigenvalue weighted by atomic mass is 19.1. The van der Waals surface area contributed by atoms with Crippen molar-refractivity contribution < 1.29 is 14.4 Å². The summed E-state index contributed by atoms with van der Waals surface area (Å²) in [6.07, 6.45) is 0. The number of nitrogens with two attached hydrogens (primary N) is 1. The summed E-state index contributed by atoms with van der Waals surface area (Å²) in [7, 11) is -1.73. The molecule has 4 nitrogen and oxygen atoms in total. The van der Waals surface area contributed by atoms with E-state index < -0.39 is 19.0 Å². The number of benzene rings is 1. The molecule has 0 saturated carbocycles. The molecule has 0 radical (unpaired) electrons. The molecule has 0 fully saturated rings. The fraction of sp³-hybridized carbons (Fsp3) is 0.125. The molecule has 0 spiro atoms. The van der Waals surface area contributed by atoms with Crippen LogP contribution in [0.1, 0.15) is 11.6 Å². The Kier molecular flexibility index (Phi) is 3.20. The Hall–Kier alpha value is -1.42. The highest BCUT2D eigenvalue weighted by Crippen LogP contribution is 2.12. The van der Waals surface area contributed by atoms with Gasteiger partial charge in [-0.2, -0.15) is 5.26 Å². The Labute approximate surface area is 80.5 Å². The quantitative estimate of drug-likeness (QED) is 0.528. The molecule has 0 aliphatic rings. The van der Waals surface area contributed by atoms with Crippen molar-refractivity contribution in [2.45, 2.75) is 6.04 Å². The van der Waals surface area contributed by atoms with Crippen LogP contribution in [0.3, 0.4) is 0 Å². The maximum Gasteiger partial charge on any atom is 0.488 e. The first-order valence-electron chi connectivity index (χ1n) is 3.87. The Bertz CT molecular complexity index is 378. The maximum atomic E-state index is 13.2. The molecular formula is C8H8BFN2O2. The maximum absolute atomic E-state index is 13.2. The standard InChI is InChI=1S/C8H8BFN2O2/c10-7-3-5(9(13)14)1-2-6(7)8(12)4-11/h1-3,8,13-14H,12H2/t8-/m1/s1. The van der Waals surface area contributed by atoms with Crippen LogP contribution < -0.4 is 11.2 Å². The van der Waals surface area contributed by atoms with E-state index in [-0.39, 0.29) is 11.0 Å². The summed E-state index contributed by atoms with van der Waals surface area (Å²) < 4.78 is 13.2. The van der Waals surface area contributed by atoms with Crippen molar-refractivity contribution in [2.75, 3.05) is 0 Å².